The monoisotopic (exact) mass is 314 g/mol. The van der Waals surface area contributed by atoms with Gasteiger partial charge in [0.15, 0.2) is 0 Å². The number of hydrogen-bond donors (Lipinski definition) is 1. The van der Waals surface area contributed by atoms with E-state index < -0.39 is 16.0 Å². The first-order chi connectivity index (χ1) is 9.82. The fraction of sp³-hybridized carbons (Fsp3) is 0.462. The van der Waals surface area contributed by atoms with Gasteiger partial charge in [-0.05, 0) is 18.2 Å². The van der Waals surface area contributed by atoms with Gasteiger partial charge in [0, 0.05) is 20.6 Å². The fourth-order valence-corrected chi connectivity index (χ4v) is 3.24. The first-order valence-electron chi connectivity index (χ1n) is 6.48. The average molecular weight is 314 g/mol. The molecular formula is C13H18N2O5S. The molecule has 0 spiro atoms. The highest BCUT2D eigenvalue weighted by atomic mass is 32.2. The summed E-state index contributed by atoms with van der Waals surface area (Å²) in [6, 6.07) is 4.66. The predicted molar refractivity (Wildman–Crippen MR) is 77.3 cm³/mol. The zero-order chi connectivity index (χ0) is 15.6. The number of carbonyl (C=O) groups is 1. The quantitative estimate of drug-likeness (QED) is 0.857. The van der Waals surface area contributed by atoms with Gasteiger partial charge in [-0.3, -0.25) is 4.79 Å². The maximum absolute atomic E-state index is 12.4. The molecule has 1 aliphatic rings. The van der Waals surface area contributed by atoms with Crippen molar-refractivity contribution in [2.75, 3.05) is 38.7 Å². The summed E-state index contributed by atoms with van der Waals surface area (Å²) in [5, 5.41) is 8.65. The predicted octanol–water partition coefficient (Wildman–Crippen LogP) is 0.610. The van der Waals surface area contributed by atoms with Gasteiger partial charge in [-0.25, -0.2) is 12.7 Å². The highest BCUT2D eigenvalue weighted by Gasteiger charge is 2.24. The van der Waals surface area contributed by atoms with E-state index in [-0.39, 0.29) is 17.9 Å². The molecule has 0 saturated carbocycles. The van der Waals surface area contributed by atoms with E-state index in [2.05, 4.69) is 0 Å². The second kappa shape index (κ2) is 5.90. The van der Waals surface area contributed by atoms with Crippen LogP contribution in [0.25, 0.3) is 0 Å². The number of ether oxygens (including phenoxy) is 1. The molecule has 1 heterocycles. The first kappa shape index (κ1) is 15.6. The Hall–Kier alpha value is -1.80. The molecule has 0 atom stereocenters. The highest BCUT2D eigenvalue weighted by molar-refractivity contribution is 7.89. The molecule has 0 saturated heterocycles. The minimum Gasteiger partial charge on any atom is -0.490 e. The van der Waals surface area contributed by atoms with Crippen LogP contribution in [0, 0.1) is 0 Å². The molecule has 21 heavy (non-hydrogen) atoms. The van der Waals surface area contributed by atoms with Gasteiger partial charge >= 0.3 is 5.97 Å². The number of benzene rings is 1. The van der Waals surface area contributed by atoms with Gasteiger partial charge in [-0.2, -0.15) is 0 Å². The lowest BCUT2D eigenvalue weighted by molar-refractivity contribution is -0.137. The van der Waals surface area contributed by atoms with E-state index in [1.54, 1.807) is 12.1 Å². The van der Waals surface area contributed by atoms with Gasteiger partial charge in [0.05, 0.1) is 23.5 Å². The van der Waals surface area contributed by atoms with Crippen molar-refractivity contribution in [1.82, 2.24) is 4.31 Å². The van der Waals surface area contributed by atoms with Crippen LogP contribution in [-0.4, -0.2) is 57.6 Å². The molecule has 0 amide bonds. The summed E-state index contributed by atoms with van der Waals surface area (Å²) < 4.78 is 31.3. The topological polar surface area (TPSA) is 87.2 Å². The van der Waals surface area contributed by atoms with Crippen molar-refractivity contribution in [3.8, 4) is 5.75 Å². The summed E-state index contributed by atoms with van der Waals surface area (Å²) in [5.74, 6) is -0.383. The second-order valence-corrected chi connectivity index (χ2v) is 6.91. The van der Waals surface area contributed by atoms with Crippen LogP contribution in [0.1, 0.15) is 6.42 Å². The Bertz CT molecular complexity index is 644. The lowest BCUT2D eigenvalue weighted by atomic mass is 10.2. The van der Waals surface area contributed by atoms with Gasteiger partial charge in [0.25, 0.3) is 0 Å². The third kappa shape index (κ3) is 3.27. The number of sulfonamides is 1. The van der Waals surface area contributed by atoms with Crippen molar-refractivity contribution in [3.05, 3.63) is 18.2 Å². The normalized spacial score (nSPS) is 14.7. The Morgan fingerprint density at radius 3 is 2.86 bits per heavy atom. The molecule has 0 aromatic heterocycles. The van der Waals surface area contributed by atoms with E-state index >= 15 is 0 Å². The van der Waals surface area contributed by atoms with Crippen molar-refractivity contribution in [2.24, 2.45) is 0 Å². The number of nitrogens with zero attached hydrogens (tertiary/aromatic N) is 2. The maximum Gasteiger partial charge on any atom is 0.304 e. The van der Waals surface area contributed by atoms with Gasteiger partial charge in [-0.15, -0.1) is 0 Å². The Balaban J connectivity index is 2.28. The first-order valence-corrected chi connectivity index (χ1v) is 7.92. The van der Waals surface area contributed by atoms with Crippen LogP contribution in [0.15, 0.2) is 23.1 Å². The standard InChI is InChI=1S/C13H18N2O5S/c1-14-7-8-20-12-4-3-10(9-11(12)14)21(18,19)15(2)6-5-13(16)17/h3-4,9H,5-8H2,1-2H3,(H,16,17). The number of rotatable bonds is 5. The Morgan fingerprint density at radius 2 is 2.19 bits per heavy atom. The van der Waals surface area contributed by atoms with E-state index in [0.717, 1.165) is 4.31 Å². The fourth-order valence-electron chi connectivity index (χ4n) is 2.04. The van der Waals surface area contributed by atoms with Crippen LogP contribution in [0.3, 0.4) is 0 Å². The minimum absolute atomic E-state index is 0.0684. The van der Waals surface area contributed by atoms with Crippen LogP contribution >= 0.6 is 0 Å². The zero-order valence-electron chi connectivity index (χ0n) is 11.9. The molecule has 0 radical (unpaired) electrons. The largest absolute Gasteiger partial charge is 0.490 e. The van der Waals surface area contributed by atoms with Crippen LogP contribution in [-0.2, 0) is 14.8 Å². The molecular weight excluding hydrogens is 296 g/mol. The molecule has 0 bridgehead atoms. The summed E-state index contributed by atoms with van der Waals surface area (Å²) >= 11 is 0. The molecule has 1 aromatic rings. The zero-order valence-corrected chi connectivity index (χ0v) is 12.8. The molecule has 0 fully saturated rings. The Morgan fingerprint density at radius 1 is 1.48 bits per heavy atom. The van der Waals surface area contributed by atoms with Crippen molar-refractivity contribution >= 4 is 21.7 Å². The molecule has 2 rings (SSSR count). The molecule has 1 aliphatic heterocycles. The van der Waals surface area contributed by atoms with Gasteiger partial charge in [0.2, 0.25) is 10.0 Å². The maximum atomic E-state index is 12.4. The van der Waals surface area contributed by atoms with Gasteiger partial charge in [-0.1, -0.05) is 0 Å². The van der Waals surface area contributed by atoms with E-state index in [1.807, 2.05) is 11.9 Å². The Kier molecular flexibility index (Phi) is 4.38. The van der Waals surface area contributed by atoms with Crippen molar-refractivity contribution in [1.29, 1.82) is 0 Å². The van der Waals surface area contributed by atoms with E-state index in [1.165, 1.54) is 13.1 Å². The second-order valence-electron chi connectivity index (χ2n) is 4.87. The van der Waals surface area contributed by atoms with Crippen molar-refractivity contribution in [3.63, 3.8) is 0 Å². The molecule has 7 nitrogen and oxygen atoms in total. The van der Waals surface area contributed by atoms with E-state index in [9.17, 15) is 13.2 Å². The molecule has 0 unspecified atom stereocenters. The summed E-state index contributed by atoms with van der Waals surface area (Å²) in [7, 11) is -0.464. The van der Waals surface area contributed by atoms with Gasteiger partial charge in [0.1, 0.15) is 12.4 Å². The summed E-state index contributed by atoms with van der Waals surface area (Å²) in [5.41, 5.74) is 0.717. The third-order valence-electron chi connectivity index (χ3n) is 3.37. The number of hydrogen-bond acceptors (Lipinski definition) is 5. The summed E-state index contributed by atoms with van der Waals surface area (Å²) in [4.78, 5) is 12.6. The number of carboxylic acid groups (broad SMARTS) is 1. The minimum atomic E-state index is -3.70. The average Bonchev–Trinajstić information content (AvgIpc) is 2.44. The van der Waals surface area contributed by atoms with Crippen LogP contribution in [0.2, 0.25) is 0 Å². The molecule has 116 valence electrons. The number of carboxylic acids is 1. The van der Waals surface area contributed by atoms with Crippen LogP contribution < -0.4 is 9.64 Å². The molecule has 1 N–H and O–H groups in total. The van der Waals surface area contributed by atoms with Crippen molar-refractivity contribution in [2.45, 2.75) is 11.3 Å². The van der Waals surface area contributed by atoms with E-state index in [0.29, 0.717) is 24.6 Å². The lowest BCUT2D eigenvalue weighted by Crippen LogP contribution is -2.31. The highest BCUT2D eigenvalue weighted by Crippen LogP contribution is 2.33. The lowest BCUT2D eigenvalue weighted by Gasteiger charge is -2.28. The number of fused-ring (bicyclic) bond motifs is 1. The number of aliphatic carboxylic acids is 1. The van der Waals surface area contributed by atoms with Gasteiger partial charge < -0.3 is 14.7 Å². The van der Waals surface area contributed by atoms with E-state index in [4.69, 9.17) is 9.84 Å². The summed E-state index contributed by atoms with van der Waals surface area (Å²) in [6.45, 7) is 1.18. The molecule has 8 heteroatoms. The summed E-state index contributed by atoms with van der Waals surface area (Å²) in [6.07, 6.45) is -0.232. The third-order valence-corrected chi connectivity index (χ3v) is 5.23. The number of anilines is 1. The van der Waals surface area contributed by atoms with Crippen LogP contribution in [0.5, 0.6) is 5.75 Å². The molecule has 1 aromatic carbocycles. The van der Waals surface area contributed by atoms with Crippen LogP contribution in [0.4, 0.5) is 5.69 Å². The molecule has 0 aliphatic carbocycles. The smallest absolute Gasteiger partial charge is 0.304 e. The Labute approximate surface area is 123 Å². The number of likely N-dealkylation sites (N-methyl/N-ethyl adjacent to an activating group) is 1. The SMILES string of the molecule is CN1CCOc2ccc(S(=O)(=O)N(C)CCC(=O)O)cc21. The van der Waals surface area contributed by atoms with Crippen molar-refractivity contribution < 1.29 is 23.1 Å².